The molecule has 1 atom stereocenters. The highest BCUT2D eigenvalue weighted by Crippen LogP contribution is 2.38. The van der Waals surface area contributed by atoms with Crippen LogP contribution in [0.4, 0.5) is 4.39 Å². The summed E-state index contributed by atoms with van der Waals surface area (Å²) in [7, 11) is 0. The fourth-order valence-corrected chi connectivity index (χ4v) is 3.14. The summed E-state index contributed by atoms with van der Waals surface area (Å²) in [5.74, 6) is 1.12. The first-order chi connectivity index (χ1) is 9.65. The third-order valence-electron chi connectivity index (χ3n) is 3.09. The number of alkyl halides is 1. The van der Waals surface area contributed by atoms with Crippen molar-refractivity contribution in [1.82, 2.24) is 0 Å². The van der Waals surface area contributed by atoms with Gasteiger partial charge in [-0.15, -0.1) is 11.6 Å². The summed E-state index contributed by atoms with van der Waals surface area (Å²) in [6, 6.07) is 10.1. The number of halogens is 3. The molecule has 2 aromatic rings. The van der Waals surface area contributed by atoms with Crippen molar-refractivity contribution >= 4 is 27.5 Å². The molecule has 2 aromatic carbocycles. The third-order valence-corrected chi connectivity index (χ3v) is 4.27. The van der Waals surface area contributed by atoms with Crippen molar-refractivity contribution in [2.24, 2.45) is 0 Å². The quantitative estimate of drug-likeness (QED) is 0.726. The van der Waals surface area contributed by atoms with E-state index in [9.17, 15) is 4.39 Å². The van der Waals surface area contributed by atoms with Crippen LogP contribution in [0.1, 0.15) is 16.5 Å². The predicted molar refractivity (Wildman–Crippen MR) is 79.2 cm³/mol. The molecule has 1 aliphatic rings. The summed E-state index contributed by atoms with van der Waals surface area (Å²) in [6.07, 6.45) is 0. The third kappa shape index (κ3) is 2.63. The molecule has 0 saturated heterocycles. The summed E-state index contributed by atoms with van der Waals surface area (Å²) in [5.41, 5.74) is 1.69. The molecule has 0 fully saturated rings. The molecule has 1 aliphatic heterocycles. The van der Waals surface area contributed by atoms with Crippen LogP contribution >= 0.6 is 27.5 Å². The second kappa shape index (κ2) is 5.62. The Hall–Kier alpha value is -1.26. The van der Waals surface area contributed by atoms with Crippen molar-refractivity contribution < 1.29 is 13.9 Å². The molecular formula is C15H11BrClFO2. The van der Waals surface area contributed by atoms with Gasteiger partial charge in [0.1, 0.15) is 19.0 Å². The van der Waals surface area contributed by atoms with E-state index in [4.69, 9.17) is 21.1 Å². The summed E-state index contributed by atoms with van der Waals surface area (Å²) in [6.45, 7) is 1.09. The van der Waals surface area contributed by atoms with Crippen molar-refractivity contribution in [2.45, 2.75) is 5.38 Å². The van der Waals surface area contributed by atoms with Gasteiger partial charge in [-0.2, -0.15) is 0 Å². The molecule has 0 amide bonds. The van der Waals surface area contributed by atoms with Crippen LogP contribution in [0.25, 0.3) is 0 Å². The number of fused-ring (bicyclic) bond motifs is 1. The number of rotatable bonds is 2. The minimum absolute atomic E-state index is 0.299. The molecule has 2 nitrogen and oxygen atoms in total. The predicted octanol–water partition coefficient (Wildman–Crippen LogP) is 4.69. The minimum Gasteiger partial charge on any atom is -0.486 e. The first-order valence-corrected chi connectivity index (χ1v) is 7.36. The van der Waals surface area contributed by atoms with Crippen LogP contribution in [0.5, 0.6) is 11.5 Å². The first kappa shape index (κ1) is 13.7. The van der Waals surface area contributed by atoms with Gasteiger partial charge in [0, 0.05) is 4.47 Å². The van der Waals surface area contributed by atoms with Crippen LogP contribution in [0.2, 0.25) is 0 Å². The molecule has 5 heteroatoms. The highest BCUT2D eigenvalue weighted by molar-refractivity contribution is 9.10. The normalized spacial score (nSPS) is 14.9. The van der Waals surface area contributed by atoms with Crippen LogP contribution < -0.4 is 9.47 Å². The van der Waals surface area contributed by atoms with Gasteiger partial charge in [-0.3, -0.25) is 0 Å². The number of benzene rings is 2. The maximum atomic E-state index is 13.1. The Balaban J connectivity index is 1.95. The zero-order chi connectivity index (χ0) is 14.1. The van der Waals surface area contributed by atoms with Gasteiger partial charge < -0.3 is 9.47 Å². The van der Waals surface area contributed by atoms with E-state index in [-0.39, 0.29) is 11.2 Å². The monoisotopic (exact) mass is 356 g/mol. The molecule has 1 unspecified atom stereocenters. The van der Waals surface area contributed by atoms with Gasteiger partial charge in [0.25, 0.3) is 0 Å². The second-order valence-corrected chi connectivity index (χ2v) is 5.72. The van der Waals surface area contributed by atoms with Crippen LogP contribution in [-0.2, 0) is 0 Å². The SMILES string of the molecule is Fc1ccc(C(Cl)c2ccc3c(c2)OCCO3)c(Br)c1. The topological polar surface area (TPSA) is 18.5 Å². The summed E-state index contributed by atoms with van der Waals surface area (Å²) < 4.78 is 24.8. The average molecular weight is 358 g/mol. The molecule has 0 N–H and O–H groups in total. The number of ether oxygens (including phenoxy) is 2. The number of hydrogen-bond donors (Lipinski definition) is 0. The zero-order valence-electron chi connectivity index (χ0n) is 10.4. The molecular weight excluding hydrogens is 347 g/mol. The van der Waals surface area contributed by atoms with Crippen LogP contribution in [0, 0.1) is 5.82 Å². The molecule has 1 heterocycles. The van der Waals surface area contributed by atoms with E-state index in [1.807, 2.05) is 18.2 Å². The standard InChI is InChI=1S/C15H11BrClFO2/c16-12-8-10(18)2-3-11(12)15(17)9-1-4-13-14(7-9)20-6-5-19-13/h1-4,7-8,15H,5-6H2. The molecule has 3 rings (SSSR count). The second-order valence-electron chi connectivity index (χ2n) is 4.43. The lowest BCUT2D eigenvalue weighted by molar-refractivity contribution is 0.171. The van der Waals surface area contributed by atoms with E-state index in [0.717, 1.165) is 16.9 Å². The van der Waals surface area contributed by atoms with Gasteiger partial charge >= 0.3 is 0 Å². The van der Waals surface area contributed by atoms with Gasteiger partial charge in [-0.1, -0.05) is 28.1 Å². The smallest absolute Gasteiger partial charge is 0.161 e. The van der Waals surface area contributed by atoms with Gasteiger partial charge in [0.05, 0.1) is 5.38 Å². The van der Waals surface area contributed by atoms with E-state index in [1.165, 1.54) is 12.1 Å². The van der Waals surface area contributed by atoms with Gasteiger partial charge in [-0.25, -0.2) is 4.39 Å². The van der Waals surface area contributed by atoms with E-state index in [0.29, 0.717) is 23.4 Å². The molecule has 0 aliphatic carbocycles. The summed E-state index contributed by atoms with van der Waals surface area (Å²) in [5, 5.41) is -0.388. The number of hydrogen-bond acceptors (Lipinski definition) is 2. The van der Waals surface area contributed by atoms with Crippen molar-refractivity contribution in [3.05, 3.63) is 57.8 Å². The molecule has 0 spiro atoms. The Morgan fingerprint density at radius 3 is 2.55 bits per heavy atom. The van der Waals surface area contributed by atoms with E-state index < -0.39 is 0 Å². The molecule has 104 valence electrons. The molecule has 20 heavy (non-hydrogen) atoms. The van der Waals surface area contributed by atoms with Crippen molar-refractivity contribution in [3.8, 4) is 11.5 Å². The highest BCUT2D eigenvalue weighted by Gasteiger charge is 2.18. The van der Waals surface area contributed by atoms with E-state index >= 15 is 0 Å². The summed E-state index contributed by atoms with van der Waals surface area (Å²) >= 11 is 9.82. The van der Waals surface area contributed by atoms with Crippen molar-refractivity contribution in [2.75, 3.05) is 13.2 Å². The lowest BCUT2D eigenvalue weighted by atomic mass is 10.0. The Bertz CT molecular complexity index is 648. The average Bonchev–Trinajstić information content (AvgIpc) is 2.46. The Morgan fingerprint density at radius 1 is 1.05 bits per heavy atom. The highest BCUT2D eigenvalue weighted by atomic mass is 79.9. The fraction of sp³-hybridized carbons (Fsp3) is 0.200. The maximum Gasteiger partial charge on any atom is 0.161 e. The minimum atomic E-state index is -0.388. The molecule has 0 radical (unpaired) electrons. The largest absolute Gasteiger partial charge is 0.486 e. The van der Waals surface area contributed by atoms with Gasteiger partial charge in [0.15, 0.2) is 11.5 Å². The van der Waals surface area contributed by atoms with Crippen LogP contribution in [0.3, 0.4) is 0 Å². The molecule has 0 aromatic heterocycles. The van der Waals surface area contributed by atoms with Crippen LogP contribution in [0.15, 0.2) is 40.9 Å². The van der Waals surface area contributed by atoms with Crippen molar-refractivity contribution in [3.63, 3.8) is 0 Å². The Labute approximate surface area is 129 Å². The van der Waals surface area contributed by atoms with Gasteiger partial charge in [-0.05, 0) is 35.4 Å². The molecule has 0 saturated carbocycles. The van der Waals surface area contributed by atoms with Gasteiger partial charge in [0.2, 0.25) is 0 Å². The van der Waals surface area contributed by atoms with Crippen molar-refractivity contribution in [1.29, 1.82) is 0 Å². The fourth-order valence-electron chi connectivity index (χ4n) is 2.10. The van der Waals surface area contributed by atoms with E-state index in [1.54, 1.807) is 6.07 Å². The maximum absolute atomic E-state index is 13.1. The zero-order valence-corrected chi connectivity index (χ0v) is 12.7. The van der Waals surface area contributed by atoms with Crippen LogP contribution in [-0.4, -0.2) is 13.2 Å². The van der Waals surface area contributed by atoms with E-state index in [2.05, 4.69) is 15.9 Å². The first-order valence-electron chi connectivity index (χ1n) is 6.14. The lowest BCUT2D eigenvalue weighted by Crippen LogP contribution is -2.15. The Kier molecular flexibility index (Phi) is 3.85. The Morgan fingerprint density at radius 2 is 1.80 bits per heavy atom. The lowest BCUT2D eigenvalue weighted by Gasteiger charge is -2.20. The molecule has 0 bridgehead atoms. The summed E-state index contributed by atoms with van der Waals surface area (Å²) in [4.78, 5) is 0.